The standard InChI is InChI=1S/C12H17N5OS/c1-4-7-17-10(2)14-15-12(17)19-9-11(18)16(3)8-5-6-13/h4H,1,5,7-9H2,2-3H3. The minimum Gasteiger partial charge on any atom is -0.344 e. The molecule has 7 heteroatoms. The van der Waals surface area contributed by atoms with E-state index in [2.05, 4.69) is 16.8 Å². The number of carbonyl (C=O) groups is 1. The topological polar surface area (TPSA) is 74.8 Å². The van der Waals surface area contributed by atoms with E-state index in [0.717, 1.165) is 5.82 Å². The summed E-state index contributed by atoms with van der Waals surface area (Å²) < 4.78 is 1.90. The Morgan fingerprint density at radius 1 is 1.63 bits per heavy atom. The quantitative estimate of drug-likeness (QED) is 0.554. The van der Waals surface area contributed by atoms with E-state index in [0.29, 0.717) is 24.7 Å². The van der Waals surface area contributed by atoms with Gasteiger partial charge in [0.1, 0.15) is 5.82 Å². The van der Waals surface area contributed by atoms with Crippen LogP contribution in [0.3, 0.4) is 0 Å². The first kappa shape index (κ1) is 15.2. The second kappa shape index (κ2) is 7.59. The molecular formula is C12H17N5OS. The van der Waals surface area contributed by atoms with Crippen molar-refractivity contribution in [1.82, 2.24) is 19.7 Å². The van der Waals surface area contributed by atoms with Crippen LogP contribution < -0.4 is 0 Å². The largest absolute Gasteiger partial charge is 0.344 e. The minimum atomic E-state index is -0.0222. The zero-order valence-corrected chi connectivity index (χ0v) is 12.0. The Labute approximate surface area is 117 Å². The molecule has 0 saturated heterocycles. The Balaban J connectivity index is 2.55. The highest BCUT2D eigenvalue weighted by atomic mass is 32.2. The summed E-state index contributed by atoms with van der Waals surface area (Å²) in [5.74, 6) is 1.07. The van der Waals surface area contributed by atoms with Crippen LogP contribution >= 0.6 is 11.8 Å². The van der Waals surface area contributed by atoms with Crippen molar-refractivity contribution in [2.24, 2.45) is 0 Å². The molecule has 0 radical (unpaired) electrons. The molecule has 6 nitrogen and oxygen atoms in total. The van der Waals surface area contributed by atoms with Gasteiger partial charge in [0.05, 0.1) is 18.2 Å². The number of aryl methyl sites for hydroxylation is 1. The van der Waals surface area contributed by atoms with Gasteiger partial charge in [-0.1, -0.05) is 17.8 Å². The first-order valence-corrected chi connectivity index (χ1v) is 6.83. The molecule has 0 aromatic carbocycles. The number of rotatable bonds is 7. The number of thioether (sulfide) groups is 1. The fraction of sp³-hybridized carbons (Fsp3) is 0.500. The lowest BCUT2D eigenvalue weighted by Crippen LogP contribution is -2.29. The first-order chi connectivity index (χ1) is 9.10. The van der Waals surface area contributed by atoms with Gasteiger partial charge in [0.15, 0.2) is 5.16 Å². The Morgan fingerprint density at radius 2 is 2.37 bits per heavy atom. The number of hydrogen-bond acceptors (Lipinski definition) is 5. The average Bonchev–Trinajstić information content (AvgIpc) is 2.75. The molecule has 0 spiro atoms. The van der Waals surface area contributed by atoms with Gasteiger partial charge in [0.2, 0.25) is 5.91 Å². The van der Waals surface area contributed by atoms with Crippen molar-refractivity contribution >= 4 is 17.7 Å². The highest BCUT2D eigenvalue weighted by Gasteiger charge is 2.13. The lowest BCUT2D eigenvalue weighted by atomic mass is 10.4. The lowest BCUT2D eigenvalue weighted by molar-refractivity contribution is -0.127. The van der Waals surface area contributed by atoms with E-state index in [1.54, 1.807) is 18.0 Å². The summed E-state index contributed by atoms with van der Waals surface area (Å²) in [6.45, 7) is 6.62. The van der Waals surface area contributed by atoms with Gasteiger partial charge in [0, 0.05) is 20.1 Å². The summed E-state index contributed by atoms with van der Waals surface area (Å²) in [4.78, 5) is 13.4. The van der Waals surface area contributed by atoms with E-state index in [1.165, 1.54) is 11.8 Å². The Bertz CT molecular complexity index is 491. The zero-order chi connectivity index (χ0) is 14.3. The van der Waals surface area contributed by atoms with E-state index in [-0.39, 0.29) is 11.7 Å². The van der Waals surface area contributed by atoms with Crippen molar-refractivity contribution in [1.29, 1.82) is 5.26 Å². The zero-order valence-electron chi connectivity index (χ0n) is 11.2. The van der Waals surface area contributed by atoms with E-state index in [1.807, 2.05) is 17.6 Å². The summed E-state index contributed by atoms with van der Waals surface area (Å²) in [5.41, 5.74) is 0. The number of aromatic nitrogens is 3. The van der Waals surface area contributed by atoms with Crippen molar-refractivity contribution in [3.8, 4) is 6.07 Å². The molecule has 1 amide bonds. The van der Waals surface area contributed by atoms with Crippen LogP contribution in [0.2, 0.25) is 0 Å². The first-order valence-electron chi connectivity index (χ1n) is 5.84. The summed E-state index contributed by atoms with van der Waals surface area (Å²) in [6, 6.07) is 2.02. The van der Waals surface area contributed by atoms with Gasteiger partial charge in [0.25, 0.3) is 0 Å². The average molecular weight is 279 g/mol. The minimum absolute atomic E-state index is 0.0222. The highest BCUT2D eigenvalue weighted by Crippen LogP contribution is 2.17. The predicted octanol–water partition coefficient (Wildman–Crippen LogP) is 1.24. The number of allylic oxidation sites excluding steroid dienone is 1. The summed E-state index contributed by atoms with van der Waals surface area (Å²) >= 11 is 1.35. The summed E-state index contributed by atoms with van der Waals surface area (Å²) in [6.07, 6.45) is 2.11. The van der Waals surface area contributed by atoms with Crippen molar-refractivity contribution in [2.45, 2.75) is 25.0 Å². The van der Waals surface area contributed by atoms with Crippen LogP contribution in [0.25, 0.3) is 0 Å². The Hall–Kier alpha value is -1.81. The summed E-state index contributed by atoms with van der Waals surface area (Å²) in [7, 11) is 1.69. The highest BCUT2D eigenvalue weighted by molar-refractivity contribution is 7.99. The van der Waals surface area contributed by atoms with Gasteiger partial charge in [-0.05, 0) is 6.92 Å². The van der Waals surface area contributed by atoms with Crippen LogP contribution in [0.5, 0.6) is 0 Å². The molecule has 102 valence electrons. The molecule has 0 fully saturated rings. The molecule has 1 aromatic heterocycles. The van der Waals surface area contributed by atoms with Crippen LogP contribution in [0, 0.1) is 18.3 Å². The normalized spacial score (nSPS) is 9.95. The molecule has 0 aliphatic carbocycles. The fourth-order valence-corrected chi connectivity index (χ4v) is 2.32. The molecule has 0 bridgehead atoms. The van der Waals surface area contributed by atoms with Crippen molar-refractivity contribution in [3.05, 3.63) is 18.5 Å². The van der Waals surface area contributed by atoms with Crippen molar-refractivity contribution in [2.75, 3.05) is 19.3 Å². The maximum Gasteiger partial charge on any atom is 0.232 e. The van der Waals surface area contributed by atoms with Crippen LogP contribution in [0.15, 0.2) is 17.8 Å². The van der Waals surface area contributed by atoms with Crippen LogP contribution in [-0.2, 0) is 11.3 Å². The maximum absolute atomic E-state index is 11.8. The number of carbonyl (C=O) groups excluding carboxylic acids is 1. The Morgan fingerprint density at radius 3 is 3.00 bits per heavy atom. The van der Waals surface area contributed by atoms with Crippen LogP contribution in [0.1, 0.15) is 12.2 Å². The number of hydrogen-bond donors (Lipinski definition) is 0. The third-order valence-electron chi connectivity index (χ3n) is 2.52. The third-order valence-corrected chi connectivity index (χ3v) is 3.47. The monoisotopic (exact) mass is 279 g/mol. The van der Waals surface area contributed by atoms with Crippen molar-refractivity contribution in [3.63, 3.8) is 0 Å². The molecule has 0 unspecified atom stereocenters. The molecular weight excluding hydrogens is 262 g/mol. The maximum atomic E-state index is 11.8. The smallest absolute Gasteiger partial charge is 0.232 e. The van der Waals surface area contributed by atoms with Gasteiger partial charge < -0.3 is 9.47 Å². The van der Waals surface area contributed by atoms with Gasteiger partial charge in [-0.15, -0.1) is 16.8 Å². The molecule has 1 rings (SSSR count). The van der Waals surface area contributed by atoms with E-state index < -0.39 is 0 Å². The van der Waals surface area contributed by atoms with E-state index in [4.69, 9.17) is 5.26 Å². The molecule has 1 aromatic rings. The second-order valence-corrected chi connectivity index (χ2v) is 4.88. The van der Waals surface area contributed by atoms with Crippen LogP contribution in [0.4, 0.5) is 0 Å². The molecule has 0 saturated carbocycles. The SMILES string of the molecule is C=CCn1c(C)nnc1SCC(=O)N(C)CCC#N. The molecule has 0 N–H and O–H groups in total. The van der Waals surface area contributed by atoms with Gasteiger partial charge in [-0.3, -0.25) is 4.79 Å². The number of amides is 1. The molecule has 1 heterocycles. The fourth-order valence-electron chi connectivity index (χ4n) is 1.39. The van der Waals surface area contributed by atoms with E-state index in [9.17, 15) is 4.79 Å². The lowest BCUT2D eigenvalue weighted by Gasteiger charge is -2.14. The molecule has 0 aliphatic rings. The predicted molar refractivity (Wildman–Crippen MR) is 73.5 cm³/mol. The Kier molecular flexibility index (Phi) is 6.09. The summed E-state index contributed by atoms with van der Waals surface area (Å²) in [5, 5.41) is 17.2. The number of nitrogens with zero attached hydrogens (tertiary/aromatic N) is 5. The van der Waals surface area contributed by atoms with Gasteiger partial charge in [-0.2, -0.15) is 5.26 Å². The number of nitriles is 1. The third kappa shape index (κ3) is 4.41. The molecule has 0 aliphatic heterocycles. The van der Waals surface area contributed by atoms with Crippen molar-refractivity contribution < 1.29 is 4.79 Å². The molecule has 19 heavy (non-hydrogen) atoms. The van der Waals surface area contributed by atoms with Crippen LogP contribution in [-0.4, -0.2) is 44.9 Å². The second-order valence-electron chi connectivity index (χ2n) is 3.94. The van der Waals surface area contributed by atoms with Gasteiger partial charge >= 0.3 is 0 Å². The van der Waals surface area contributed by atoms with E-state index >= 15 is 0 Å². The van der Waals surface area contributed by atoms with Gasteiger partial charge in [-0.25, -0.2) is 0 Å². The molecule has 0 atom stereocenters.